The van der Waals surface area contributed by atoms with Gasteiger partial charge in [-0.2, -0.15) is 0 Å². The molecule has 0 aromatic rings. The van der Waals surface area contributed by atoms with Crippen molar-refractivity contribution in [2.24, 2.45) is 11.8 Å². The monoisotopic (exact) mass is 182 g/mol. The number of aliphatic hydroxyl groups excluding tert-OH is 1. The van der Waals surface area contributed by atoms with E-state index in [0.29, 0.717) is 11.8 Å². The van der Waals surface area contributed by atoms with E-state index < -0.39 is 0 Å². The number of hydrogen-bond donors (Lipinski definition) is 1. The fourth-order valence-electron chi connectivity index (χ4n) is 1.08. The molecule has 0 saturated carbocycles. The van der Waals surface area contributed by atoms with E-state index in [1.54, 1.807) is 6.92 Å². The lowest BCUT2D eigenvalue weighted by atomic mass is 9.98. The molecule has 0 bridgehead atoms. The van der Waals surface area contributed by atoms with Crippen LogP contribution in [0.2, 0.25) is 0 Å². The summed E-state index contributed by atoms with van der Waals surface area (Å²) in [6.07, 6.45) is 5.74. The second-order valence-electron chi connectivity index (χ2n) is 4.17. The van der Waals surface area contributed by atoms with Gasteiger partial charge in [-0.15, -0.1) is 0 Å². The number of aliphatic hydroxyl groups is 1. The number of allylic oxidation sites excluding steroid dienone is 3. The van der Waals surface area contributed by atoms with Crippen LogP contribution in [0.4, 0.5) is 0 Å². The van der Waals surface area contributed by atoms with Gasteiger partial charge in [-0.1, -0.05) is 45.9 Å². The van der Waals surface area contributed by atoms with Crippen molar-refractivity contribution in [1.82, 2.24) is 0 Å². The Balaban J connectivity index is 4.44. The van der Waals surface area contributed by atoms with E-state index >= 15 is 0 Å². The summed E-state index contributed by atoms with van der Waals surface area (Å²) in [5.74, 6) is 1.09. The second kappa shape index (κ2) is 5.98. The normalized spacial score (nSPS) is 16.2. The van der Waals surface area contributed by atoms with Crippen molar-refractivity contribution in [1.29, 1.82) is 0 Å². The molecule has 1 nitrogen and oxygen atoms in total. The average molecular weight is 182 g/mol. The molecule has 0 saturated heterocycles. The van der Waals surface area contributed by atoms with Crippen molar-refractivity contribution in [2.75, 3.05) is 0 Å². The van der Waals surface area contributed by atoms with E-state index in [-0.39, 0.29) is 6.10 Å². The number of rotatable bonds is 4. The minimum absolute atomic E-state index is 0.352. The third kappa shape index (κ3) is 6.59. The lowest BCUT2D eigenvalue weighted by molar-refractivity contribution is 0.244. The molecular formula is C12H22O. The Kier molecular flexibility index (Phi) is 5.72. The van der Waals surface area contributed by atoms with Crippen LogP contribution in [0.1, 0.15) is 34.6 Å². The summed E-state index contributed by atoms with van der Waals surface area (Å²) in [6.45, 7) is 10.4. The van der Waals surface area contributed by atoms with Crippen LogP contribution >= 0.6 is 0 Å². The molecule has 0 fully saturated rings. The van der Waals surface area contributed by atoms with Gasteiger partial charge >= 0.3 is 0 Å². The molecule has 0 radical (unpaired) electrons. The lowest BCUT2D eigenvalue weighted by Crippen LogP contribution is -1.97. The zero-order valence-corrected chi connectivity index (χ0v) is 9.41. The summed E-state index contributed by atoms with van der Waals surface area (Å²) in [4.78, 5) is 0. The van der Waals surface area contributed by atoms with Gasteiger partial charge in [-0.25, -0.2) is 0 Å². The Morgan fingerprint density at radius 3 is 1.92 bits per heavy atom. The van der Waals surface area contributed by atoms with Crippen molar-refractivity contribution >= 4 is 0 Å². The molecule has 0 aliphatic rings. The Hall–Kier alpha value is -0.560. The predicted molar refractivity (Wildman–Crippen MR) is 58.6 cm³/mol. The molecule has 76 valence electrons. The van der Waals surface area contributed by atoms with Gasteiger partial charge in [0.25, 0.3) is 0 Å². The molecule has 0 spiro atoms. The highest BCUT2D eigenvalue weighted by molar-refractivity contribution is 5.21. The van der Waals surface area contributed by atoms with Crippen molar-refractivity contribution in [3.63, 3.8) is 0 Å². The van der Waals surface area contributed by atoms with Gasteiger partial charge in [0.1, 0.15) is 0 Å². The van der Waals surface area contributed by atoms with Crippen LogP contribution in [0.25, 0.3) is 0 Å². The highest BCUT2D eigenvalue weighted by Crippen LogP contribution is 2.14. The standard InChI is InChI=1S/C12H22O/c1-9(2)8-12(10(3)4)7-6-11(5)13/h6-11,13H,1-5H3/b7-6+,12-8+. The maximum absolute atomic E-state index is 9.10. The molecule has 0 aliphatic carbocycles. The van der Waals surface area contributed by atoms with E-state index in [4.69, 9.17) is 5.11 Å². The molecule has 0 amide bonds. The fraction of sp³-hybridized carbons (Fsp3) is 0.667. The third-order valence-electron chi connectivity index (χ3n) is 1.76. The van der Waals surface area contributed by atoms with Gasteiger partial charge in [-0.05, 0) is 24.3 Å². The van der Waals surface area contributed by atoms with Crippen LogP contribution in [-0.2, 0) is 0 Å². The Morgan fingerprint density at radius 1 is 1.08 bits per heavy atom. The molecule has 1 unspecified atom stereocenters. The first-order valence-corrected chi connectivity index (χ1v) is 5.01. The molecule has 1 atom stereocenters. The Bertz CT molecular complexity index is 185. The molecule has 1 N–H and O–H groups in total. The van der Waals surface area contributed by atoms with Crippen LogP contribution in [0, 0.1) is 11.8 Å². The van der Waals surface area contributed by atoms with Crippen LogP contribution in [0.15, 0.2) is 23.8 Å². The van der Waals surface area contributed by atoms with Gasteiger partial charge in [-0.3, -0.25) is 0 Å². The van der Waals surface area contributed by atoms with Crippen molar-refractivity contribution < 1.29 is 5.11 Å². The van der Waals surface area contributed by atoms with E-state index in [1.165, 1.54) is 5.57 Å². The maximum atomic E-state index is 9.10. The van der Waals surface area contributed by atoms with Crippen molar-refractivity contribution in [3.05, 3.63) is 23.8 Å². The van der Waals surface area contributed by atoms with Crippen LogP contribution in [0.5, 0.6) is 0 Å². The summed E-state index contributed by atoms with van der Waals surface area (Å²) >= 11 is 0. The highest BCUT2D eigenvalue weighted by atomic mass is 16.3. The van der Waals surface area contributed by atoms with E-state index in [1.807, 2.05) is 12.2 Å². The molecular weight excluding hydrogens is 160 g/mol. The largest absolute Gasteiger partial charge is 0.389 e. The van der Waals surface area contributed by atoms with Gasteiger partial charge in [0.15, 0.2) is 0 Å². The first-order valence-electron chi connectivity index (χ1n) is 5.01. The fourth-order valence-corrected chi connectivity index (χ4v) is 1.08. The molecule has 0 aliphatic heterocycles. The van der Waals surface area contributed by atoms with Crippen molar-refractivity contribution in [2.45, 2.75) is 40.7 Å². The lowest BCUT2D eigenvalue weighted by Gasteiger charge is -2.08. The number of hydrogen-bond acceptors (Lipinski definition) is 1. The summed E-state index contributed by atoms with van der Waals surface area (Å²) in [5.41, 5.74) is 1.30. The first-order chi connectivity index (χ1) is 5.93. The first kappa shape index (κ1) is 12.4. The molecule has 0 heterocycles. The highest BCUT2D eigenvalue weighted by Gasteiger charge is 2.00. The van der Waals surface area contributed by atoms with Crippen molar-refractivity contribution in [3.8, 4) is 0 Å². The van der Waals surface area contributed by atoms with Gasteiger partial charge in [0.05, 0.1) is 6.10 Å². The summed E-state index contributed by atoms with van der Waals surface area (Å²) in [7, 11) is 0. The third-order valence-corrected chi connectivity index (χ3v) is 1.76. The smallest absolute Gasteiger partial charge is 0.0695 e. The van der Waals surface area contributed by atoms with Crippen LogP contribution in [0.3, 0.4) is 0 Å². The van der Waals surface area contributed by atoms with E-state index in [9.17, 15) is 0 Å². The molecule has 13 heavy (non-hydrogen) atoms. The van der Waals surface area contributed by atoms with Gasteiger partial charge < -0.3 is 5.11 Å². The van der Waals surface area contributed by atoms with Crippen LogP contribution < -0.4 is 0 Å². The predicted octanol–water partition coefficient (Wildman–Crippen LogP) is 3.16. The van der Waals surface area contributed by atoms with Crippen LogP contribution in [-0.4, -0.2) is 11.2 Å². The van der Waals surface area contributed by atoms with E-state index in [0.717, 1.165) is 0 Å². The molecule has 0 aromatic carbocycles. The zero-order valence-electron chi connectivity index (χ0n) is 9.41. The van der Waals surface area contributed by atoms with Gasteiger partial charge in [0, 0.05) is 0 Å². The maximum Gasteiger partial charge on any atom is 0.0695 e. The SMILES string of the molecule is CC(C)/C=C(\C=C\C(C)O)C(C)C. The summed E-state index contributed by atoms with van der Waals surface area (Å²) < 4.78 is 0. The Morgan fingerprint density at radius 2 is 1.62 bits per heavy atom. The Labute approximate surface area is 82.2 Å². The minimum Gasteiger partial charge on any atom is -0.389 e. The summed E-state index contributed by atoms with van der Waals surface area (Å²) in [5, 5.41) is 9.10. The molecule has 0 aromatic heterocycles. The second-order valence-corrected chi connectivity index (χ2v) is 4.17. The topological polar surface area (TPSA) is 20.2 Å². The average Bonchev–Trinajstić information content (AvgIpc) is 1.96. The van der Waals surface area contributed by atoms with E-state index in [2.05, 4.69) is 33.8 Å². The minimum atomic E-state index is -0.352. The quantitative estimate of drug-likeness (QED) is 0.662. The summed E-state index contributed by atoms with van der Waals surface area (Å²) in [6, 6.07) is 0. The molecule has 1 heteroatoms. The van der Waals surface area contributed by atoms with Gasteiger partial charge in [0.2, 0.25) is 0 Å². The molecule has 0 rings (SSSR count). The zero-order chi connectivity index (χ0) is 10.4.